The number of carbonyl (C=O) groups excluding carboxylic acids is 1. The van der Waals surface area contributed by atoms with Crippen LogP contribution in [0, 0.1) is 0 Å². The Morgan fingerprint density at radius 2 is 1.93 bits per heavy atom. The van der Waals surface area contributed by atoms with Gasteiger partial charge in [0.15, 0.2) is 0 Å². The number of nitrogens with zero attached hydrogens (tertiary/aromatic N) is 2. The quantitative estimate of drug-likeness (QED) is 0.821. The van der Waals surface area contributed by atoms with Crippen LogP contribution >= 0.6 is 0 Å². The molecule has 0 aliphatic carbocycles. The van der Waals surface area contributed by atoms with Crippen LogP contribution in [0.15, 0.2) is 23.1 Å². The van der Waals surface area contributed by atoms with Crippen LogP contribution < -0.4 is 10.1 Å². The number of ether oxygens (including phenoxy) is 2. The number of carbonyl (C=O) groups is 1. The van der Waals surface area contributed by atoms with E-state index >= 15 is 0 Å². The van der Waals surface area contributed by atoms with Crippen LogP contribution in [0.5, 0.6) is 5.75 Å². The van der Waals surface area contributed by atoms with E-state index in [-0.39, 0.29) is 22.3 Å². The van der Waals surface area contributed by atoms with E-state index in [4.69, 9.17) is 9.47 Å². The van der Waals surface area contributed by atoms with Crippen LogP contribution in [-0.4, -0.2) is 70.7 Å². The smallest absolute Gasteiger partial charge is 0.321 e. The van der Waals surface area contributed by atoms with Crippen LogP contribution in [0.25, 0.3) is 0 Å². The lowest BCUT2D eigenvalue weighted by Crippen LogP contribution is -2.37. The molecule has 27 heavy (non-hydrogen) atoms. The van der Waals surface area contributed by atoms with Crippen molar-refractivity contribution >= 4 is 21.7 Å². The third kappa shape index (κ3) is 4.91. The summed E-state index contributed by atoms with van der Waals surface area (Å²) >= 11 is 0. The molecule has 1 atom stereocenters. The van der Waals surface area contributed by atoms with Crippen molar-refractivity contribution in [2.75, 3.05) is 46.7 Å². The summed E-state index contributed by atoms with van der Waals surface area (Å²) in [5.74, 6) is 0.185. The molecule has 1 unspecified atom stereocenters. The lowest BCUT2D eigenvalue weighted by Gasteiger charge is -2.26. The Kier molecular flexibility index (Phi) is 6.72. The molecule has 1 aromatic carbocycles. The first-order valence-corrected chi connectivity index (χ1v) is 10.3. The maximum atomic E-state index is 12.6. The van der Waals surface area contributed by atoms with Gasteiger partial charge in [-0.05, 0) is 38.3 Å². The molecule has 1 saturated heterocycles. The standard InChI is InChI=1S/C18H29N3O5S/c1-18(26-5)9-6-11-21(12-10-18)17(22)19-14-7-8-16(15(13-14)25-4)27(23,24)20(2)3/h7-8,13H,6,9-12H2,1-5H3,(H,19,22). The number of benzene rings is 1. The fraction of sp³-hybridized carbons (Fsp3) is 0.611. The number of urea groups is 1. The molecule has 0 radical (unpaired) electrons. The number of rotatable bonds is 5. The van der Waals surface area contributed by atoms with E-state index in [1.165, 1.54) is 33.3 Å². The number of sulfonamides is 1. The van der Waals surface area contributed by atoms with Crippen molar-refractivity contribution in [1.29, 1.82) is 0 Å². The summed E-state index contributed by atoms with van der Waals surface area (Å²) in [5.41, 5.74) is 0.272. The van der Waals surface area contributed by atoms with Gasteiger partial charge in [0, 0.05) is 46.0 Å². The lowest BCUT2D eigenvalue weighted by atomic mass is 9.97. The molecule has 2 rings (SSSR count). The molecular weight excluding hydrogens is 370 g/mol. The Bertz CT molecular complexity index is 781. The minimum Gasteiger partial charge on any atom is -0.495 e. The van der Waals surface area contributed by atoms with Gasteiger partial charge >= 0.3 is 6.03 Å². The number of methoxy groups -OCH3 is 2. The summed E-state index contributed by atoms with van der Waals surface area (Å²) in [7, 11) is 2.38. The molecule has 1 fully saturated rings. The molecule has 152 valence electrons. The van der Waals surface area contributed by atoms with E-state index in [2.05, 4.69) is 12.2 Å². The predicted octanol–water partition coefficient (Wildman–Crippen LogP) is 2.37. The minimum atomic E-state index is -3.63. The monoisotopic (exact) mass is 399 g/mol. The largest absolute Gasteiger partial charge is 0.495 e. The lowest BCUT2D eigenvalue weighted by molar-refractivity contribution is -0.00492. The maximum Gasteiger partial charge on any atom is 0.321 e. The highest BCUT2D eigenvalue weighted by atomic mass is 32.2. The minimum absolute atomic E-state index is 0.0543. The van der Waals surface area contributed by atoms with E-state index in [1.807, 2.05) is 0 Å². The molecular formula is C18H29N3O5S. The second kappa shape index (κ2) is 8.45. The summed E-state index contributed by atoms with van der Waals surface area (Å²) < 4.78 is 36.6. The van der Waals surface area contributed by atoms with Crippen LogP contribution in [0.4, 0.5) is 10.5 Å². The molecule has 0 saturated carbocycles. The Balaban J connectivity index is 2.14. The van der Waals surface area contributed by atoms with E-state index in [0.717, 1.165) is 23.6 Å². The Labute approximate surface area is 161 Å². The van der Waals surface area contributed by atoms with Crippen molar-refractivity contribution in [2.45, 2.75) is 36.7 Å². The number of nitrogens with one attached hydrogen (secondary N) is 1. The van der Waals surface area contributed by atoms with Crippen LogP contribution in [0.3, 0.4) is 0 Å². The van der Waals surface area contributed by atoms with Crippen molar-refractivity contribution in [3.05, 3.63) is 18.2 Å². The zero-order chi connectivity index (χ0) is 20.2. The molecule has 1 aromatic rings. The van der Waals surface area contributed by atoms with Gasteiger partial charge < -0.3 is 19.7 Å². The van der Waals surface area contributed by atoms with Crippen molar-refractivity contribution in [2.24, 2.45) is 0 Å². The Hall–Kier alpha value is -1.84. The predicted molar refractivity (Wildman–Crippen MR) is 104 cm³/mol. The fourth-order valence-corrected chi connectivity index (χ4v) is 4.05. The van der Waals surface area contributed by atoms with Gasteiger partial charge in [-0.25, -0.2) is 17.5 Å². The second-order valence-corrected chi connectivity index (χ2v) is 9.20. The molecule has 0 aromatic heterocycles. The van der Waals surface area contributed by atoms with Crippen LogP contribution in [0.2, 0.25) is 0 Å². The zero-order valence-electron chi connectivity index (χ0n) is 16.6. The number of hydrogen-bond acceptors (Lipinski definition) is 5. The number of amides is 2. The molecule has 1 heterocycles. The van der Waals surface area contributed by atoms with Gasteiger partial charge in [-0.1, -0.05) is 0 Å². The van der Waals surface area contributed by atoms with Crippen molar-refractivity contribution in [1.82, 2.24) is 9.21 Å². The normalized spacial score (nSPS) is 21.0. The van der Waals surface area contributed by atoms with E-state index < -0.39 is 10.0 Å². The van der Waals surface area contributed by atoms with Gasteiger partial charge in [0.25, 0.3) is 0 Å². The van der Waals surface area contributed by atoms with Gasteiger partial charge in [0.05, 0.1) is 12.7 Å². The summed E-state index contributed by atoms with van der Waals surface area (Å²) in [5, 5.41) is 2.83. The maximum absolute atomic E-state index is 12.6. The van der Waals surface area contributed by atoms with Gasteiger partial charge in [-0.3, -0.25) is 0 Å². The summed E-state index contributed by atoms with van der Waals surface area (Å²) in [6.07, 6.45) is 2.53. The first-order chi connectivity index (χ1) is 12.6. The number of anilines is 1. The third-order valence-electron chi connectivity index (χ3n) is 5.00. The zero-order valence-corrected chi connectivity index (χ0v) is 17.4. The second-order valence-electron chi connectivity index (χ2n) is 7.08. The first-order valence-electron chi connectivity index (χ1n) is 8.84. The highest BCUT2D eigenvalue weighted by Crippen LogP contribution is 2.29. The van der Waals surface area contributed by atoms with E-state index in [1.54, 1.807) is 18.1 Å². The van der Waals surface area contributed by atoms with E-state index in [0.29, 0.717) is 18.8 Å². The van der Waals surface area contributed by atoms with Crippen molar-refractivity contribution in [3.63, 3.8) is 0 Å². The molecule has 2 amide bonds. The van der Waals surface area contributed by atoms with Crippen molar-refractivity contribution < 1.29 is 22.7 Å². The van der Waals surface area contributed by atoms with E-state index in [9.17, 15) is 13.2 Å². The van der Waals surface area contributed by atoms with Gasteiger partial charge in [-0.2, -0.15) is 0 Å². The average molecular weight is 400 g/mol. The molecule has 1 aliphatic heterocycles. The summed E-state index contributed by atoms with van der Waals surface area (Å²) in [6, 6.07) is 4.30. The topological polar surface area (TPSA) is 88.2 Å². The highest BCUT2D eigenvalue weighted by molar-refractivity contribution is 7.89. The Morgan fingerprint density at radius 3 is 2.52 bits per heavy atom. The summed E-state index contributed by atoms with van der Waals surface area (Å²) in [4.78, 5) is 14.4. The van der Waals surface area contributed by atoms with Gasteiger partial charge in [0.2, 0.25) is 10.0 Å². The molecule has 0 bridgehead atoms. The summed E-state index contributed by atoms with van der Waals surface area (Å²) in [6.45, 7) is 3.30. The molecule has 8 nitrogen and oxygen atoms in total. The Morgan fingerprint density at radius 1 is 1.22 bits per heavy atom. The van der Waals surface area contributed by atoms with Crippen LogP contribution in [-0.2, 0) is 14.8 Å². The van der Waals surface area contributed by atoms with Crippen LogP contribution in [0.1, 0.15) is 26.2 Å². The van der Waals surface area contributed by atoms with Crippen molar-refractivity contribution in [3.8, 4) is 5.75 Å². The molecule has 0 spiro atoms. The molecule has 9 heteroatoms. The molecule has 1 aliphatic rings. The number of likely N-dealkylation sites (tertiary alicyclic amines) is 1. The first kappa shape index (κ1) is 21.5. The van der Waals surface area contributed by atoms with Gasteiger partial charge in [0.1, 0.15) is 10.6 Å². The fourth-order valence-electron chi connectivity index (χ4n) is 3.02. The SMILES string of the molecule is COc1cc(NC(=O)N2CCCC(C)(OC)CC2)ccc1S(=O)(=O)N(C)C. The third-order valence-corrected chi connectivity index (χ3v) is 6.85. The average Bonchev–Trinajstić information content (AvgIpc) is 2.83. The number of hydrogen-bond donors (Lipinski definition) is 1. The van der Waals surface area contributed by atoms with Gasteiger partial charge in [-0.15, -0.1) is 0 Å². The molecule has 1 N–H and O–H groups in total. The highest BCUT2D eigenvalue weighted by Gasteiger charge is 2.29.